The number of likely N-dealkylation sites (tertiary alicyclic amines) is 2. The van der Waals surface area contributed by atoms with Gasteiger partial charge in [-0.25, -0.2) is 9.97 Å². The Morgan fingerprint density at radius 2 is 2.25 bits per heavy atom. The molecule has 1 unspecified atom stereocenters. The van der Waals surface area contributed by atoms with Crippen LogP contribution in [-0.2, 0) is 17.6 Å². The Hall–Kier alpha value is -2.64. The van der Waals surface area contributed by atoms with Crippen LogP contribution in [0.1, 0.15) is 54.5 Å². The van der Waals surface area contributed by atoms with Crippen molar-refractivity contribution in [2.24, 2.45) is 5.41 Å². The molecule has 2 aromatic rings. The predicted octanol–water partition coefficient (Wildman–Crippen LogP) is 2.05. The molecule has 2 saturated heterocycles. The van der Waals surface area contributed by atoms with Crippen molar-refractivity contribution in [3.8, 4) is 0 Å². The fourth-order valence-electron chi connectivity index (χ4n) is 4.54. The number of rotatable bonds is 5. The highest BCUT2D eigenvalue weighted by Gasteiger charge is 2.43. The van der Waals surface area contributed by atoms with Crippen LogP contribution in [0.4, 0.5) is 0 Å². The molecule has 0 radical (unpaired) electrons. The molecule has 1 atom stereocenters. The molecule has 4 heterocycles. The maximum atomic E-state index is 13.0. The van der Waals surface area contributed by atoms with E-state index in [1.165, 1.54) is 6.39 Å². The van der Waals surface area contributed by atoms with Gasteiger partial charge in [-0.3, -0.25) is 9.59 Å². The average molecular weight is 385 g/mol. The second kappa shape index (κ2) is 7.77. The fraction of sp³-hybridized carbons (Fsp3) is 0.600. The Bertz CT molecular complexity index is 831. The lowest BCUT2D eigenvalue weighted by molar-refractivity contribution is -0.138. The van der Waals surface area contributed by atoms with Crippen LogP contribution in [0.3, 0.4) is 0 Å². The van der Waals surface area contributed by atoms with Crippen molar-refractivity contribution < 1.29 is 14.0 Å². The third-order valence-corrected chi connectivity index (χ3v) is 6.07. The van der Waals surface area contributed by atoms with Crippen LogP contribution in [-0.4, -0.2) is 62.7 Å². The molecule has 150 valence electrons. The third-order valence-electron chi connectivity index (χ3n) is 6.07. The van der Waals surface area contributed by atoms with Crippen LogP contribution in [0.25, 0.3) is 0 Å². The predicted molar refractivity (Wildman–Crippen MR) is 102 cm³/mol. The van der Waals surface area contributed by atoms with E-state index in [9.17, 15) is 9.59 Å². The zero-order valence-corrected chi connectivity index (χ0v) is 16.3. The standard InChI is InChI=1S/C20H27N5O3/c1-2-16-18(23-14-28-16)19(27)25-8-3-6-20(12-25)7-4-17(26)24(11-20)9-5-15-10-21-13-22-15/h10,13-14H,2-9,11-12H2,1H3,(H,21,22). The summed E-state index contributed by atoms with van der Waals surface area (Å²) < 4.78 is 5.34. The molecule has 2 fully saturated rings. The molecule has 4 rings (SSSR count). The second-order valence-electron chi connectivity index (χ2n) is 7.95. The van der Waals surface area contributed by atoms with Gasteiger partial charge in [-0.1, -0.05) is 6.92 Å². The van der Waals surface area contributed by atoms with Gasteiger partial charge in [-0.15, -0.1) is 0 Å². The number of aromatic nitrogens is 3. The minimum Gasteiger partial charge on any atom is -0.448 e. The maximum absolute atomic E-state index is 13.0. The highest BCUT2D eigenvalue weighted by Crippen LogP contribution is 2.39. The molecule has 2 amide bonds. The maximum Gasteiger partial charge on any atom is 0.276 e. The van der Waals surface area contributed by atoms with Crippen molar-refractivity contribution in [1.82, 2.24) is 24.8 Å². The summed E-state index contributed by atoms with van der Waals surface area (Å²) in [6.45, 7) is 4.76. The lowest BCUT2D eigenvalue weighted by Gasteiger charge is -2.48. The van der Waals surface area contributed by atoms with Gasteiger partial charge < -0.3 is 19.2 Å². The smallest absolute Gasteiger partial charge is 0.276 e. The lowest BCUT2D eigenvalue weighted by Crippen LogP contribution is -2.55. The first-order valence-corrected chi connectivity index (χ1v) is 10.1. The minimum absolute atomic E-state index is 0.0219. The molecular formula is C20H27N5O3. The number of hydrogen-bond acceptors (Lipinski definition) is 5. The molecule has 0 aromatic carbocycles. The van der Waals surface area contributed by atoms with Crippen LogP contribution in [0.15, 0.2) is 23.3 Å². The summed E-state index contributed by atoms with van der Waals surface area (Å²) in [7, 11) is 0. The van der Waals surface area contributed by atoms with E-state index in [1.807, 2.05) is 16.7 Å². The summed E-state index contributed by atoms with van der Waals surface area (Å²) in [4.78, 5) is 40.6. The minimum atomic E-state index is -0.0504. The van der Waals surface area contributed by atoms with E-state index in [2.05, 4.69) is 15.0 Å². The number of hydrogen-bond donors (Lipinski definition) is 1. The van der Waals surface area contributed by atoms with Crippen molar-refractivity contribution in [2.75, 3.05) is 26.2 Å². The van der Waals surface area contributed by atoms with E-state index in [-0.39, 0.29) is 17.2 Å². The normalized spacial score (nSPS) is 22.8. The fourth-order valence-corrected chi connectivity index (χ4v) is 4.54. The van der Waals surface area contributed by atoms with Gasteiger partial charge in [-0.2, -0.15) is 0 Å². The summed E-state index contributed by atoms with van der Waals surface area (Å²) in [6.07, 6.45) is 9.62. The van der Waals surface area contributed by atoms with E-state index >= 15 is 0 Å². The number of aryl methyl sites for hydroxylation is 1. The molecule has 2 aromatic heterocycles. The highest BCUT2D eigenvalue weighted by atomic mass is 16.3. The Balaban J connectivity index is 1.44. The first-order chi connectivity index (χ1) is 13.6. The number of amides is 2. The van der Waals surface area contributed by atoms with Crippen molar-refractivity contribution in [1.29, 1.82) is 0 Å². The van der Waals surface area contributed by atoms with Crippen molar-refractivity contribution in [2.45, 2.75) is 45.4 Å². The lowest BCUT2D eigenvalue weighted by atomic mass is 9.73. The molecule has 0 bridgehead atoms. The molecule has 28 heavy (non-hydrogen) atoms. The molecule has 1 spiro atoms. The molecule has 8 heteroatoms. The van der Waals surface area contributed by atoms with Crippen molar-refractivity contribution in [3.05, 3.63) is 36.1 Å². The number of H-pyrrole nitrogens is 1. The van der Waals surface area contributed by atoms with E-state index in [1.54, 1.807) is 12.5 Å². The number of aromatic amines is 1. The number of nitrogens with one attached hydrogen (secondary N) is 1. The van der Waals surface area contributed by atoms with Crippen LogP contribution in [0.5, 0.6) is 0 Å². The van der Waals surface area contributed by atoms with Gasteiger partial charge in [0, 0.05) is 62.7 Å². The molecule has 2 aliphatic rings. The zero-order valence-electron chi connectivity index (χ0n) is 16.3. The van der Waals surface area contributed by atoms with E-state index < -0.39 is 0 Å². The number of carbonyl (C=O) groups excluding carboxylic acids is 2. The van der Waals surface area contributed by atoms with Gasteiger partial charge in [0.15, 0.2) is 12.1 Å². The van der Waals surface area contributed by atoms with Gasteiger partial charge in [0.05, 0.1) is 6.33 Å². The number of imidazole rings is 1. The van der Waals surface area contributed by atoms with E-state index in [0.717, 1.165) is 37.9 Å². The molecule has 1 N–H and O–H groups in total. The largest absolute Gasteiger partial charge is 0.448 e. The summed E-state index contributed by atoms with van der Waals surface area (Å²) >= 11 is 0. The van der Waals surface area contributed by atoms with Crippen LogP contribution < -0.4 is 0 Å². The summed E-state index contributed by atoms with van der Waals surface area (Å²) in [6, 6.07) is 0. The second-order valence-corrected chi connectivity index (χ2v) is 7.95. The van der Waals surface area contributed by atoms with Crippen LogP contribution in [0, 0.1) is 5.41 Å². The monoisotopic (exact) mass is 385 g/mol. The summed E-state index contributed by atoms with van der Waals surface area (Å²) in [5.74, 6) is 0.800. The third kappa shape index (κ3) is 3.68. The Morgan fingerprint density at radius 3 is 3.04 bits per heavy atom. The van der Waals surface area contributed by atoms with Crippen molar-refractivity contribution >= 4 is 11.8 Å². The van der Waals surface area contributed by atoms with Gasteiger partial charge in [0.25, 0.3) is 5.91 Å². The van der Waals surface area contributed by atoms with Gasteiger partial charge in [0.1, 0.15) is 5.76 Å². The summed E-state index contributed by atoms with van der Waals surface area (Å²) in [5, 5.41) is 0. The van der Waals surface area contributed by atoms with Gasteiger partial charge in [0.2, 0.25) is 5.91 Å². The van der Waals surface area contributed by atoms with Crippen LogP contribution in [0.2, 0.25) is 0 Å². The van der Waals surface area contributed by atoms with Gasteiger partial charge >= 0.3 is 0 Å². The average Bonchev–Trinajstić information content (AvgIpc) is 3.40. The quantitative estimate of drug-likeness (QED) is 0.850. The molecular weight excluding hydrogens is 358 g/mol. The SMILES string of the molecule is CCc1ocnc1C(=O)N1CCCC2(CCC(=O)N(CCc3cnc[nH]3)C2)C1. The Labute approximate surface area is 164 Å². The van der Waals surface area contributed by atoms with Crippen molar-refractivity contribution in [3.63, 3.8) is 0 Å². The number of oxazole rings is 1. The van der Waals surface area contributed by atoms with E-state index in [0.29, 0.717) is 43.9 Å². The first kappa shape index (κ1) is 18.7. The Kier molecular flexibility index (Phi) is 5.19. The summed E-state index contributed by atoms with van der Waals surface area (Å²) in [5.41, 5.74) is 1.44. The molecule has 2 aliphatic heterocycles. The van der Waals surface area contributed by atoms with Crippen LogP contribution >= 0.6 is 0 Å². The highest BCUT2D eigenvalue weighted by molar-refractivity contribution is 5.93. The zero-order chi connectivity index (χ0) is 19.6. The molecule has 0 aliphatic carbocycles. The molecule has 0 saturated carbocycles. The Morgan fingerprint density at radius 1 is 1.36 bits per heavy atom. The molecule has 8 nitrogen and oxygen atoms in total. The van der Waals surface area contributed by atoms with E-state index in [4.69, 9.17) is 4.42 Å². The number of carbonyl (C=O) groups is 2. The van der Waals surface area contributed by atoms with Gasteiger partial charge in [-0.05, 0) is 19.3 Å². The number of nitrogens with zero attached hydrogens (tertiary/aromatic N) is 4. The first-order valence-electron chi connectivity index (χ1n) is 10.1. The topological polar surface area (TPSA) is 95.3 Å². The number of piperidine rings is 2.